The van der Waals surface area contributed by atoms with Gasteiger partial charge < -0.3 is 5.73 Å². The van der Waals surface area contributed by atoms with Gasteiger partial charge in [0.25, 0.3) is 0 Å². The molecule has 1 saturated carbocycles. The molecule has 1 fully saturated rings. The number of nitrogen functional groups attached to an aromatic ring is 1. The molecule has 2 aromatic rings. The number of nitrogens with two attached hydrogens (primary N) is 1. The van der Waals surface area contributed by atoms with Crippen molar-refractivity contribution < 1.29 is 8.78 Å². The van der Waals surface area contributed by atoms with Gasteiger partial charge in [-0.05, 0) is 50.3 Å². The molecule has 0 amide bonds. The summed E-state index contributed by atoms with van der Waals surface area (Å²) in [5.41, 5.74) is 7.00. The van der Waals surface area contributed by atoms with Gasteiger partial charge in [0.2, 0.25) is 0 Å². The molecule has 20 heavy (non-hydrogen) atoms. The molecule has 0 bridgehead atoms. The van der Waals surface area contributed by atoms with E-state index in [4.69, 9.17) is 5.73 Å². The van der Waals surface area contributed by atoms with Crippen molar-refractivity contribution in [1.82, 2.24) is 9.78 Å². The summed E-state index contributed by atoms with van der Waals surface area (Å²) in [6.45, 7) is 3.60. The van der Waals surface area contributed by atoms with Crippen molar-refractivity contribution in [2.24, 2.45) is 5.92 Å². The maximum Gasteiger partial charge on any atom is 0.133 e. The van der Waals surface area contributed by atoms with Crippen molar-refractivity contribution >= 4 is 5.69 Å². The average molecular weight is 277 g/mol. The number of hydrogen-bond acceptors (Lipinski definition) is 2. The largest absolute Gasteiger partial charge is 0.396 e. The molecule has 106 valence electrons. The first-order valence-corrected chi connectivity index (χ1v) is 6.78. The van der Waals surface area contributed by atoms with Crippen molar-refractivity contribution in [2.75, 3.05) is 5.73 Å². The molecule has 1 aliphatic rings. The Labute approximate surface area is 116 Å². The van der Waals surface area contributed by atoms with Gasteiger partial charge in [-0.1, -0.05) is 0 Å². The van der Waals surface area contributed by atoms with Crippen molar-refractivity contribution in [1.29, 1.82) is 0 Å². The zero-order chi connectivity index (χ0) is 14.4. The fraction of sp³-hybridized carbons (Fsp3) is 0.400. The number of hydrogen-bond donors (Lipinski definition) is 1. The molecule has 3 nitrogen and oxygen atoms in total. The molecular formula is C15H17F2N3. The summed E-state index contributed by atoms with van der Waals surface area (Å²) in [6.07, 6.45) is 4.07. The van der Waals surface area contributed by atoms with Crippen LogP contribution in [0.3, 0.4) is 0 Å². The van der Waals surface area contributed by atoms with E-state index < -0.39 is 11.6 Å². The first-order chi connectivity index (χ1) is 9.47. The Balaban J connectivity index is 2.03. The highest BCUT2D eigenvalue weighted by molar-refractivity contribution is 5.72. The smallest absolute Gasteiger partial charge is 0.133 e. The van der Waals surface area contributed by atoms with Crippen LogP contribution in [-0.4, -0.2) is 9.78 Å². The quantitative estimate of drug-likeness (QED) is 0.929. The summed E-state index contributed by atoms with van der Waals surface area (Å²) in [6, 6.07) is 2.58. The first kappa shape index (κ1) is 13.1. The van der Waals surface area contributed by atoms with E-state index in [9.17, 15) is 8.78 Å². The van der Waals surface area contributed by atoms with Gasteiger partial charge in [-0.25, -0.2) is 8.78 Å². The van der Waals surface area contributed by atoms with Crippen molar-refractivity contribution in [3.8, 4) is 11.3 Å². The number of anilines is 1. The Hall–Kier alpha value is -1.91. The molecule has 2 N–H and O–H groups in total. The number of benzene rings is 1. The second-order valence-electron chi connectivity index (χ2n) is 5.57. The summed E-state index contributed by atoms with van der Waals surface area (Å²) in [5.74, 6) is -0.340. The lowest BCUT2D eigenvalue weighted by atomic mass is 10.1. The minimum Gasteiger partial charge on any atom is -0.396 e. The summed E-state index contributed by atoms with van der Waals surface area (Å²) in [5, 5.41) is 4.36. The Morgan fingerprint density at radius 2 is 2.00 bits per heavy atom. The van der Waals surface area contributed by atoms with Crippen LogP contribution in [0.5, 0.6) is 0 Å². The summed E-state index contributed by atoms with van der Waals surface area (Å²) in [4.78, 5) is 0. The zero-order valence-electron chi connectivity index (χ0n) is 11.5. The monoisotopic (exact) mass is 277 g/mol. The minimum atomic E-state index is -0.500. The molecule has 1 atom stereocenters. The third kappa shape index (κ3) is 2.17. The van der Waals surface area contributed by atoms with Crippen LogP contribution >= 0.6 is 0 Å². The zero-order valence-corrected chi connectivity index (χ0v) is 11.5. The number of aryl methyl sites for hydroxylation is 1. The maximum absolute atomic E-state index is 14.0. The number of halogens is 2. The highest BCUT2D eigenvalue weighted by Gasteiger charge is 2.30. The van der Waals surface area contributed by atoms with Crippen molar-refractivity contribution in [2.45, 2.75) is 32.7 Å². The molecule has 0 aliphatic heterocycles. The van der Waals surface area contributed by atoms with Crippen LogP contribution in [0.15, 0.2) is 18.3 Å². The van der Waals surface area contributed by atoms with Gasteiger partial charge in [0.15, 0.2) is 0 Å². The Morgan fingerprint density at radius 1 is 1.30 bits per heavy atom. The first-order valence-electron chi connectivity index (χ1n) is 6.78. The van der Waals surface area contributed by atoms with E-state index in [0.717, 1.165) is 6.07 Å². The maximum atomic E-state index is 14.0. The van der Waals surface area contributed by atoms with Crippen LogP contribution in [0.1, 0.15) is 31.4 Å². The average Bonchev–Trinajstić information content (AvgIpc) is 3.17. The van der Waals surface area contributed by atoms with Crippen LogP contribution in [0, 0.1) is 24.5 Å². The lowest BCUT2D eigenvalue weighted by Crippen LogP contribution is -2.07. The third-order valence-electron chi connectivity index (χ3n) is 3.99. The number of aromatic nitrogens is 2. The Morgan fingerprint density at radius 3 is 2.65 bits per heavy atom. The molecule has 5 heteroatoms. The second kappa shape index (κ2) is 4.58. The van der Waals surface area contributed by atoms with E-state index in [2.05, 4.69) is 12.0 Å². The minimum absolute atomic E-state index is 0.118. The predicted octanol–water partition coefficient (Wildman–Crippen LogP) is 3.69. The van der Waals surface area contributed by atoms with Crippen LogP contribution < -0.4 is 5.73 Å². The summed E-state index contributed by atoms with van der Waals surface area (Å²) < 4.78 is 29.4. The summed E-state index contributed by atoms with van der Waals surface area (Å²) in [7, 11) is 0. The molecule has 0 saturated heterocycles. The van der Waals surface area contributed by atoms with E-state index in [-0.39, 0.29) is 17.2 Å². The van der Waals surface area contributed by atoms with Crippen LogP contribution in [0.2, 0.25) is 0 Å². The summed E-state index contributed by atoms with van der Waals surface area (Å²) >= 11 is 0. The Kier molecular flexibility index (Phi) is 3.00. The van der Waals surface area contributed by atoms with Crippen LogP contribution in [0.4, 0.5) is 14.5 Å². The van der Waals surface area contributed by atoms with Gasteiger partial charge in [-0.15, -0.1) is 0 Å². The van der Waals surface area contributed by atoms with Crippen LogP contribution in [-0.2, 0) is 0 Å². The van der Waals surface area contributed by atoms with Crippen LogP contribution in [0.25, 0.3) is 11.3 Å². The van der Waals surface area contributed by atoms with E-state index in [0.29, 0.717) is 17.3 Å². The number of nitrogens with zero attached hydrogens (tertiary/aromatic N) is 2. The second-order valence-corrected chi connectivity index (χ2v) is 5.57. The molecule has 1 heterocycles. The fourth-order valence-corrected chi connectivity index (χ4v) is 2.45. The molecule has 3 rings (SSSR count). The van der Waals surface area contributed by atoms with Gasteiger partial charge in [0.1, 0.15) is 17.3 Å². The van der Waals surface area contributed by atoms with Gasteiger partial charge in [0.05, 0.1) is 11.7 Å². The standard InChI is InChI=1S/C15H17F2N3/c1-8-5-13(17)11(6-12(8)16)15-14(18)7-20(19-15)9(2)10-3-4-10/h5-7,9-10H,3-4,18H2,1-2H3. The van der Waals surface area contributed by atoms with Gasteiger partial charge in [0, 0.05) is 11.8 Å². The van der Waals surface area contributed by atoms with Gasteiger partial charge >= 0.3 is 0 Å². The number of rotatable bonds is 3. The highest BCUT2D eigenvalue weighted by Crippen LogP contribution is 2.40. The third-order valence-corrected chi connectivity index (χ3v) is 3.99. The van der Waals surface area contributed by atoms with Crippen molar-refractivity contribution in [3.63, 3.8) is 0 Å². The van der Waals surface area contributed by atoms with Gasteiger partial charge in [-0.3, -0.25) is 4.68 Å². The van der Waals surface area contributed by atoms with E-state index in [1.165, 1.54) is 25.8 Å². The van der Waals surface area contributed by atoms with E-state index >= 15 is 0 Å². The molecule has 0 spiro atoms. The molecule has 0 radical (unpaired) electrons. The normalized spacial score (nSPS) is 16.4. The molecule has 1 aromatic heterocycles. The van der Waals surface area contributed by atoms with Crippen molar-refractivity contribution in [3.05, 3.63) is 35.5 Å². The van der Waals surface area contributed by atoms with E-state index in [1.54, 1.807) is 10.9 Å². The van der Waals surface area contributed by atoms with E-state index in [1.807, 2.05) is 0 Å². The SMILES string of the molecule is Cc1cc(F)c(-c2nn(C(C)C3CC3)cc2N)cc1F. The Bertz CT molecular complexity index is 659. The topological polar surface area (TPSA) is 43.8 Å². The highest BCUT2D eigenvalue weighted by atomic mass is 19.1. The van der Waals surface area contributed by atoms with Gasteiger partial charge in [-0.2, -0.15) is 5.10 Å². The fourth-order valence-electron chi connectivity index (χ4n) is 2.45. The molecule has 1 aliphatic carbocycles. The molecule has 1 unspecified atom stereocenters. The predicted molar refractivity (Wildman–Crippen MR) is 74.2 cm³/mol. The lowest BCUT2D eigenvalue weighted by molar-refractivity contribution is 0.441. The molecular weight excluding hydrogens is 260 g/mol. The molecule has 1 aromatic carbocycles. The lowest BCUT2D eigenvalue weighted by Gasteiger charge is -2.10.